The molecule has 0 aliphatic carbocycles. The van der Waals surface area contributed by atoms with Gasteiger partial charge in [-0.1, -0.05) is 29.8 Å². The fraction of sp³-hybridized carbons (Fsp3) is 0.571. The van der Waals surface area contributed by atoms with Crippen molar-refractivity contribution in [2.24, 2.45) is 0 Å². The summed E-state index contributed by atoms with van der Waals surface area (Å²) in [5.74, 6) is -0.0255. The fourth-order valence-electron chi connectivity index (χ4n) is 3.63. The fourth-order valence-corrected chi connectivity index (χ4v) is 3.63. The van der Waals surface area contributed by atoms with Crippen LogP contribution in [0.4, 0.5) is 0 Å². The van der Waals surface area contributed by atoms with Crippen LogP contribution in [0.5, 0.6) is 0 Å². The number of hydrogen-bond donors (Lipinski definition) is 1. The zero-order chi connectivity index (χ0) is 19.2. The van der Waals surface area contributed by atoms with E-state index < -0.39 is 0 Å². The number of benzene rings is 1. The second kappa shape index (κ2) is 9.13. The van der Waals surface area contributed by atoms with Crippen LogP contribution in [0, 0.1) is 6.92 Å². The van der Waals surface area contributed by atoms with Crippen molar-refractivity contribution in [1.82, 2.24) is 10.2 Å². The smallest absolute Gasteiger partial charge is 0.251 e. The lowest BCUT2D eigenvalue weighted by atomic mass is 10.0. The minimum absolute atomic E-state index is 0.0119. The normalized spacial score (nSPS) is 20.5. The standard InChI is InChI=1S/C21H28N2O4/c1-15-4-6-16(7-5-15)18(24)8-9-20(25)22-17-10-12-23(13-11-17)21(26)19-3-2-14-27-19/h4-7,17,19H,2-3,8-14H2,1H3,(H,22,25). The van der Waals surface area contributed by atoms with Crippen molar-refractivity contribution in [1.29, 1.82) is 0 Å². The molecule has 2 aliphatic rings. The summed E-state index contributed by atoms with van der Waals surface area (Å²) in [6.45, 7) is 3.93. The summed E-state index contributed by atoms with van der Waals surface area (Å²) in [4.78, 5) is 38.5. The molecule has 2 heterocycles. The summed E-state index contributed by atoms with van der Waals surface area (Å²) in [7, 11) is 0. The second-order valence-corrected chi connectivity index (χ2v) is 7.46. The van der Waals surface area contributed by atoms with E-state index in [-0.39, 0.29) is 42.6 Å². The van der Waals surface area contributed by atoms with Gasteiger partial charge in [0.15, 0.2) is 5.78 Å². The van der Waals surface area contributed by atoms with Crippen LogP contribution < -0.4 is 5.32 Å². The first-order chi connectivity index (χ1) is 13.0. The third-order valence-corrected chi connectivity index (χ3v) is 5.33. The third kappa shape index (κ3) is 5.39. The Hall–Kier alpha value is -2.21. The van der Waals surface area contributed by atoms with Gasteiger partial charge in [-0.3, -0.25) is 14.4 Å². The first-order valence-corrected chi connectivity index (χ1v) is 9.82. The maximum Gasteiger partial charge on any atom is 0.251 e. The van der Waals surface area contributed by atoms with Gasteiger partial charge in [-0.15, -0.1) is 0 Å². The number of rotatable bonds is 6. The van der Waals surface area contributed by atoms with Gasteiger partial charge in [0.2, 0.25) is 5.91 Å². The third-order valence-electron chi connectivity index (χ3n) is 5.33. The Labute approximate surface area is 160 Å². The Bertz CT molecular complexity index is 672. The first-order valence-electron chi connectivity index (χ1n) is 9.82. The first kappa shape index (κ1) is 19.5. The largest absolute Gasteiger partial charge is 0.368 e. The number of Topliss-reactive ketones (excluding diaryl/α,β-unsaturated/α-hetero) is 1. The number of ketones is 1. The molecule has 0 aromatic heterocycles. The molecule has 1 atom stereocenters. The number of piperidine rings is 1. The molecule has 0 saturated carbocycles. The maximum atomic E-state index is 12.3. The summed E-state index contributed by atoms with van der Waals surface area (Å²) < 4.78 is 5.46. The van der Waals surface area contributed by atoms with Gasteiger partial charge in [-0.05, 0) is 32.6 Å². The lowest BCUT2D eigenvalue weighted by molar-refractivity contribution is -0.142. The highest BCUT2D eigenvalue weighted by Gasteiger charge is 2.31. The molecule has 6 heteroatoms. The Balaban J connectivity index is 1.37. The van der Waals surface area contributed by atoms with E-state index in [1.807, 2.05) is 24.0 Å². The van der Waals surface area contributed by atoms with Crippen LogP contribution in [-0.2, 0) is 14.3 Å². The molecule has 0 radical (unpaired) electrons. The minimum atomic E-state index is -0.274. The van der Waals surface area contributed by atoms with Crippen molar-refractivity contribution >= 4 is 17.6 Å². The van der Waals surface area contributed by atoms with E-state index in [4.69, 9.17) is 4.74 Å². The van der Waals surface area contributed by atoms with Gasteiger partial charge < -0.3 is 15.0 Å². The van der Waals surface area contributed by atoms with Crippen LogP contribution in [-0.4, -0.2) is 54.3 Å². The summed E-state index contributed by atoms with van der Waals surface area (Å²) >= 11 is 0. The van der Waals surface area contributed by atoms with Gasteiger partial charge >= 0.3 is 0 Å². The van der Waals surface area contributed by atoms with Crippen LogP contribution in [0.2, 0.25) is 0 Å². The van der Waals surface area contributed by atoms with E-state index >= 15 is 0 Å². The highest BCUT2D eigenvalue weighted by Crippen LogP contribution is 2.18. The van der Waals surface area contributed by atoms with Gasteiger partial charge in [0, 0.05) is 44.1 Å². The van der Waals surface area contributed by atoms with Crippen molar-refractivity contribution < 1.29 is 19.1 Å². The van der Waals surface area contributed by atoms with Crippen molar-refractivity contribution in [2.45, 2.75) is 57.6 Å². The van der Waals surface area contributed by atoms with Crippen LogP contribution in [0.1, 0.15) is 54.4 Å². The lowest BCUT2D eigenvalue weighted by Gasteiger charge is -2.33. The predicted octanol–water partition coefficient (Wildman–Crippen LogP) is 2.24. The predicted molar refractivity (Wildman–Crippen MR) is 101 cm³/mol. The van der Waals surface area contributed by atoms with E-state index in [0.29, 0.717) is 25.3 Å². The van der Waals surface area contributed by atoms with Crippen molar-refractivity contribution in [3.8, 4) is 0 Å². The molecule has 3 rings (SSSR count). The molecule has 0 bridgehead atoms. The van der Waals surface area contributed by atoms with Crippen molar-refractivity contribution in [3.63, 3.8) is 0 Å². The zero-order valence-corrected chi connectivity index (χ0v) is 15.9. The number of carbonyl (C=O) groups is 3. The number of likely N-dealkylation sites (tertiary alicyclic amines) is 1. The molecular weight excluding hydrogens is 344 g/mol. The van der Waals surface area contributed by atoms with E-state index in [1.54, 1.807) is 12.1 Å². The quantitative estimate of drug-likeness (QED) is 0.777. The summed E-state index contributed by atoms with van der Waals surface area (Å²) in [6, 6.07) is 7.48. The van der Waals surface area contributed by atoms with Gasteiger partial charge in [0.05, 0.1) is 0 Å². The molecule has 146 valence electrons. The van der Waals surface area contributed by atoms with Gasteiger partial charge in [-0.2, -0.15) is 0 Å². The molecule has 2 amide bonds. The highest BCUT2D eigenvalue weighted by atomic mass is 16.5. The van der Waals surface area contributed by atoms with E-state index in [9.17, 15) is 14.4 Å². The molecule has 27 heavy (non-hydrogen) atoms. The number of hydrogen-bond acceptors (Lipinski definition) is 4. The van der Waals surface area contributed by atoms with Crippen LogP contribution in [0.15, 0.2) is 24.3 Å². The van der Waals surface area contributed by atoms with Crippen molar-refractivity contribution in [2.75, 3.05) is 19.7 Å². The SMILES string of the molecule is Cc1ccc(C(=O)CCC(=O)NC2CCN(C(=O)C3CCCO3)CC2)cc1. The van der Waals surface area contributed by atoms with E-state index in [1.165, 1.54) is 0 Å². The molecule has 2 fully saturated rings. The van der Waals surface area contributed by atoms with Crippen LogP contribution in [0.3, 0.4) is 0 Å². The number of nitrogens with one attached hydrogen (secondary N) is 1. The number of amides is 2. The van der Waals surface area contributed by atoms with Crippen LogP contribution in [0.25, 0.3) is 0 Å². The summed E-state index contributed by atoms with van der Waals surface area (Å²) in [5, 5.41) is 3.00. The van der Waals surface area contributed by atoms with Crippen molar-refractivity contribution in [3.05, 3.63) is 35.4 Å². The summed E-state index contributed by atoms with van der Waals surface area (Å²) in [6.07, 6.45) is 3.39. The lowest BCUT2D eigenvalue weighted by Crippen LogP contribution is -2.49. The molecule has 2 saturated heterocycles. The molecule has 6 nitrogen and oxygen atoms in total. The number of aryl methyl sites for hydroxylation is 1. The van der Waals surface area contributed by atoms with Crippen LogP contribution >= 0.6 is 0 Å². The number of carbonyl (C=O) groups excluding carboxylic acids is 3. The molecule has 1 aromatic carbocycles. The molecule has 1 aromatic rings. The maximum absolute atomic E-state index is 12.3. The zero-order valence-electron chi connectivity index (χ0n) is 15.9. The Morgan fingerprint density at radius 1 is 1.07 bits per heavy atom. The topological polar surface area (TPSA) is 75.7 Å². The molecule has 1 N–H and O–H groups in total. The molecule has 0 spiro atoms. The highest BCUT2D eigenvalue weighted by molar-refractivity contribution is 5.98. The molecule has 2 aliphatic heterocycles. The van der Waals surface area contributed by atoms with Gasteiger partial charge in [0.1, 0.15) is 6.10 Å². The summed E-state index contributed by atoms with van der Waals surface area (Å²) in [5.41, 5.74) is 1.75. The van der Waals surface area contributed by atoms with E-state index in [2.05, 4.69) is 5.32 Å². The second-order valence-electron chi connectivity index (χ2n) is 7.46. The monoisotopic (exact) mass is 372 g/mol. The minimum Gasteiger partial charge on any atom is -0.368 e. The molecular formula is C21H28N2O4. The number of nitrogens with zero attached hydrogens (tertiary/aromatic N) is 1. The Morgan fingerprint density at radius 2 is 1.78 bits per heavy atom. The Morgan fingerprint density at radius 3 is 2.41 bits per heavy atom. The van der Waals surface area contributed by atoms with Gasteiger partial charge in [-0.25, -0.2) is 0 Å². The van der Waals surface area contributed by atoms with E-state index in [0.717, 1.165) is 31.2 Å². The molecule has 1 unspecified atom stereocenters. The van der Waals surface area contributed by atoms with Gasteiger partial charge in [0.25, 0.3) is 5.91 Å². The average Bonchev–Trinajstić information content (AvgIpc) is 3.21. The average molecular weight is 372 g/mol. The Kier molecular flexibility index (Phi) is 6.61. The number of ether oxygens (including phenoxy) is 1.